The average molecular weight is 409 g/mol. The van der Waals surface area contributed by atoms with E-state index in [9.17, 15) is 4.79 Å². The van der Waals surface area contributed by atoms with Gasteiger partial charge in [-0.3, -0.25) is 14.7 Å². The number of benzene rings is 1. The fourth-order valence-electron chi connectivity index (χ4n) is 5.08. The first-order valence-electron chi connectivity index (χ1n) is 11.1. The Morgan fingerprint density at radius 1 is 1.40 bits per heavy atom. The van der Waals surface area contributed by atoms with E-state index in [4.69, 9.17) is 9.47 Å². The van der Waals surface area contributed by atoms with Crippen molar-refractivity contribution in [2.75, 3.05) is 20.2 Å². The molecule has 30 heavy (non-hydrogen) atoms. The van der Waals surface area contributed by atoms with Crippen LogP contribution in [-0.2, 0) is 9.53 Å². The van der Waals surface area contributed by atoms with Crippen molar-refractivity contribution in [3.8, 4) is 5.75 Å². The highest BCUT2D eigenvalue weighted by Crippen LogP contribution is 2.43. The van der Waals surface area contributed by atoms with Gasteiger partial charge in [-0.05, 0) is 61.9 Å². The standard InChI is InChI=1S/C25H32N2O3/c1-4-6-7-24(28)30-25(23-14-18-11-13-27(23)16-17(18)5-2)20-10-12-26-22-9-8-19(29-3)15-21(20)22/h5,8-10,12,15,17-18,23,25H,2,4,6-7,11,13-14,16H2,1,3H3. The third-order valence-electron chi connectivity index (χ3n) is 6.79. The maximum atomic E-state index is 12.7. The van der Waals surface area contributed by atoms with Gasteiger partial charge in [0, 0.05) is 30.1 Å². The minimum atomic E-state index is -0.305. The molecule has 0 radical (unpaired) electrons. The summed E-state index contributed by atoms with van der Waals surface area (Å²) < 4.78 is 11.7. The predicted octanol–water partition coefficient (Wildman–Crippen LogP) is 4.91. The molecule has 1 aromatic carbocycles. The van der Waals surface area contributed by atoms with Crippen LogP contribution < -0.4 is 4.74 Å². The molecule has 3 aliphatic rings. The number of methoxy groups -OCH3 is 1. The SMILES string of the molecule is C=CC1CN2CCC1CC2C(OC(=O)CCCC)c1ccnc2ccc(OC)cc12. The van der Waals surface area contributed by atoms with E-state index in [1.54, 1.807) is 7.11 Å². The molecule has 3 saturated heterocycles. The third kappa shape index (κ3) is 4.08. The number of nitrogens with zero attached hydrogens (tertiary/aromatic N) is 2. The Morgan fingerprint density at radius 3 is 2.97 bits per heavy atom. The number of carbonyl (C=O) groups excluding carboxylic acids is 1. The molecule has 2 bridgehead atoms. The first-order valence-corrected chi connectivity index (χ1v) is 11.1. The maximum absolute atomic E-state index is 12.7. The van der Waals surface area contributed by atoms with Crippen molar-refractivity contribution < 1.29 is 14.3 Å². The van der Waals surface area contributed by atoms with Gasteiger partial charge in [-0.1, -0.05) is 19.4 Å². The highest BCUT2D eigenvalue weighted by molar-refractivity contribution is 5.84. The summed E-state index contributed by atoms with van der Waals surface area (Å²) >= 11 is 0. The van der Waals surface area contributed by atoms with Crippen LogP contribution in [0.25, 0.3) is 10.9 Å². The molecular weight excluding hydrogens is 376 g/mol. The van der Waals surface area contributed by atoms with Crippen molar-refractivity contribution >= 4 is 16.9 Å². The molecule has 1 aromatic heterocycles. The van der Waals surface area contributed by atoms with Gasteiger partial charge in [-0.15, -0.1) is 6.58 Å². The number of piperidine rings is 3. The molecule has 0 amide bonds. The zero-order chi connectivity index (χ0) is 21.1. The number of carbonyl (C=O) groups is 1. The maximum Gasteiger partial charge on any atom is 0.306 e. The van der Waals surface area contributed by atoms with Crippen molar-refractivity contribution in [2.24, 2.45) is 11.8 Å². The molecule has 5 nitrogen and oxygen atoms in total. The Hall–Kier alpha value is -2.40. The van der Waals surface area contributed by atoms with Crippen LogP contribution in [0.15, 0.2) is 43.1 Å². The van der Waals surface area contributed by atoms with Gasteiger partial charge in [-0.25, -0.2) is 0 Å². The first kappa shape index (κ1) is 20.9. The van der Waals surface area contributed by atoms with E-state index in [1.165, 1.54) is 6.42 Å². The van der Waals surface area contributed by atoms with E-state index in [-0.39, 0.29) is 18.1 Å². The number of ether oxygens (including phenoxy) is 2. The van der Waals surface area contributed by atoms with E-state index in [2.05, 4.69) is 29.5 Å². The number of hydrogen-bond acceptors (Lipinski definition) is 5. The van der Waals surface area contributed by atoms with Crippen LogP contribution in [0.5, 0.6) is 5.75 Å². The lowest BCUT2D eigenvalue weighted by Crippen LogP contribution is -2.55. The van der Waals surface area contributed by atoms with Gasteiger partial charge in [0.1, 0.15) is 11.9 Å². The van der Waals surface area contributed by atoms with E-state index in [0.717, 1.165) is 54.6 Å². The lowest BCUT2D eigenvalue weighted by molar-refractivity contribution is -0.157. The number of rotatable bonds is 8. The molecule has 0 saturated carbocycles. The number of fused-ring (bicyclic) bond motifs is 4. The van der Waals surface area contributed by atoms with E-state index < -0.39 is 0 Å². The van der Waals surface area contributed by atoms with Crippen molar-refractivity contribution in [3.63, 3.8) is 0 Å². The summed E-state index contributed by atoms with van der Waals surface area (Å²) in [6, 6.07) is 8.08. The van der Waals surface area contributed by atoms with Gasteiger partial charge in [0.25, 0.3) is 0 Å². The Labute approximate surface area is 179 Å². The van der Waals surface area contributed by atoms with Gasteiger partial charge in [0.15, 0.2) is 0 Å². The summed E-state index contributed by atoms with van der Waals surface area (Å²) in [5, 5.41) is 0.994. The lowest BCUT2D eigenvalue weighted by atomic mass is 9.73. The topological polar surface area (TPSA) is 51.7 Å². The summed E-state index contributed by atoms with van der Waals surface area (Å²) in [7, 11) is 1.67. The second-order valence-corrected chi connectivity index (χ2v) is 8.54. The molecule has 5 heteroatoms. The van der Waals surface area contributed by atoms with Crippen molar-refractivity contribution in [3.05, 3.63) is 48.7 Å². The van der Waals surface area contributed by atoms with Crippen LogP contribution in [-0.4, -0.2) is 42.1 Å². The zero-order valence-corrected chi connectivity index (χ0v) is 18.0. The smallest absolute Gasteiger partial charge is 0.306 e. The third-order valence-corrected chi connectivity index (χ3v) is 6.79. The molecule has 0 N–H and O–H groups in total. The lowest BCUT2D eigenvalue weighted by Gasteiger charge is -2.51. The fraction of sp³-hybridized carbons (Fsp3) is 0.520. The molecule has 160 valence electrons. The average Bonchev–Trinajstić information content (AvgIpc) is 2.80. The fourth-order valence-corrected chi connectivity index (χ4v) is 5.08. The van der Waals surface area contributed by atoms with Crippen LogP contribution >= 0.6 is 0 Å². The molecule has 0 aliphatic carbocycles. The molecule has 5 rings (SSSR count). The molecule has 4 heterocycles. The van der Waals surface area contributed by atoms with E-state index in [0.29, 0.717) is 18.3 Å². The summed E-state index contributed by atoms with van der Waals surface area (Å²) in [5.74, 6) is 1.81. The number of esters is 1. The Bertz CT molecular complexity index is 912. The van der Waals surface area contributed by atoms with Crippen molar-refractivity contribution in [1.29, 1.82) is 0 Å². The number of aromatic nitrogens is 1. The largest absolute Gasteiger partial charge is 0.497 e. The van der Waals surface area contributed by atoms with Crippen LogP contribution in [0.4, 0.5) is 0 Å². The summed E-state index contributed by atoms with van der Waals surface area (Å²) in [5.41, 5.74) is 1.92. The summed E-state index contributed by atoms with van der Waals surface area (Å²) in [6.07, 6.45) is 8.12. The molecule has 5 atom stereocenters. The second-order valence-electron chi connectivity index (χ2n) is 8.54. The number of unbranched alkanes of at least 4 members (excludes halogenated alkanes) is 1. The highest BCUT2D eigenvalue weighted by Gasteiger charge is 2.44. The zero-order valence-electron chi connectivity index (χ0n) is 18.0. The molecule has 5 unspecified atom stereocenters. The van der Waals surface area contributed by atoms with Gasteiger partial charge in [-0.2, -0.15) is 0 Å². The Balaban J connectivity index is 1.72. The minimum absolute atomic E-state index is 0.113. The van der Waals surface area contributed by atoms with Crippen molar-refractivity contribution in [2.45, 2.75) is 51.2 Å². The predicted molar refractivity (Wildman–Crippen MR) is 118 cm³/mol. The molecule has 3 aliphatic heterocycles. The molecule has 3 fully saturated rings. The highest BCUT2D eigenvalue weighted by atomic mass is 16.5. The Kier molecular flexibility index (Phi) is 6.38. The van der Waals surface area contributed by atoms with Crippen molar-refractivity contribution in [1.82, 2.24) is 9.88 Å². The molecule has 2 aromatic rings. The van der Waals surface area contributed by atoms with E-state index >= 15 is 0 Å². The number of pyridine rings is 1. The van der Waals surface area contributed by atoms with E-state index in [1.807, 2.05) is 30.5 Å². The minimum Gasteiger partial charge on any atom is -0.497 e. The normalized spacial score (nSPS) is 26.3. The van der Waals surface area contributed by atoms with Crippen LogP contribution in [0, 0.1) is 11.8 Å². The number of hydrogen-bond donors (Lipinski definition) is 0. The summed E-state index contributed by atoms with van der Waals surface area (Å²) in [4.78, 5) is 19.7. The van der Waals surface area contributed by atoms with Gasteiger partial charge in [0.2, 0.25) is 0 Å². The van der Waals surface area contributed by atoms with Crippen LogP contribution in [0.3, 0.4) is 0 Å². The van der Waals surface area contributed by atoms with Gasteiger partial charge < -0.3 is 9.47 Å². The van der Waals surface area contributed by atoms with Gasteiger partial charge in [0.05, 0.1) is 18.7 Å². The van der Waals surface area contributed by atoms with Crippen LogP contribution in [0.2, 0.25) is 0 Å². The molecular formula is C25H32N2O3. The van der Waals surface area contributed by atoms with Crippen LogP contribution in [0.1, 0.15) is 50.7 Å². The Morgan fingerprint density at radius 2 is 2.27 bits per heavy atom. The summed E-state index contributed by atoms with van der Waals surface area (Å²) in [6.45, 7) is 8.18. The first-order chi connectivity index (χ1) is 14.6. The monoisotopic (exact) mass is 408 g/mol. The quantitative estimate of drug-likeness (QED) is 0.459. The molecule has 0 spiro atoms. The van der Waals surface area contributed by atoms with Gasteiger partial charge >= 0.3 is 5.97 Å². The second kappa shape index (κ2) is 9.17.